The Morgan fingerprint density at radius 2 is 1.60 bits per heavy atom. The van der Waals surface area contributed by atoms with E-state index in [0.29, 0.717) is 17.2 Å². The fourth-order valence-electron chi connectivity index (χ4n) is 3.64. The number of ether oxygens (including phenoxy) is 3. The van der Waals surface area contributed by atoms with E-state index >= 15 is 0 Å². The van der Waals surface area contributed by atoms with Gasteiger partial charge in [-0.05, 0) is 35.9 Å². The second kappa shape index (κ2) is 10.1. The zero-order valence-electron chi connectivity index (χ0n) is 19.1. The van der Waals surface area contributed by atoms with Gasteiger partial charge in [0.25, 0.3) is 17.7 Å². The van der Waals surface area contributed by atoms with Crippen LogP contribution in [0.3, 0.4) is 0 Å². The van der Waals surface area contributed by atoms with Crippen LogP contribution in [0.2, 0.25) is 0 Å². The van der Waals surface area contributed by atoms with E-state index in [0.717, 1.165) is 10.5 Å². The van der Waals surface area contributed by atoms with Gasteiger partial charge in [0.2, 0.25) is 0 Å². The average molecular weight is 474 g/mol. The number of nitrogens with one attached hydrogen (secondary N) is 1. The van der Waals surface area contributed by atoms with Gasteiger partial charge >= 0.3 is 5.97 Å². The lowest BCUT2D eigenvalue weighted by Gasteiger charge is -2.13. The number of hydrogen-bond acceptors (Lipinski definition) is 7. The summed E-state index contributed by atoms with van der Waals surface area (Å²) < 4.78 is 15.4. The maximum Gasteiger partial charge on any atom is 0.338 e. The third kappa shape index (κ3) is 4.98. The number of anilines is 1. The molecule has 9 heteroatoms. The summed E-state index contributed by atoms with van der Waals surface area (Å²) in [6.45, 7) is -0.440. The fraction of sp³-hybridized carbons (Fsp3) is 0.154. The Labute approximate surface area is 201 Å². The predicted octanol–water partition coefficient (Wildman–Crippen LogP) is 3.30. The van der Waals surface area contributed by atoms with E-state index in [1.165, 1.54) is 32.4 Å². The Bertz CT molecular complexity index is 1300. The van der Waals surface area contributed by atoms with E-state index < -0.39 is 30.3 Å². The molecule has 0 saturated heterocycles. The standard InChI is InChI=1S/C26H22N2O7/c1-33-18-9-11-22(34-2)21(13-18)27-23(29)15-35-26(32)17-8-10-19-20(12-17)25(31)28(24(19)30)14-16-6-4-3-5-7-16/h3-13H,14-15H2,1-2H3,(H,27,29). The van der Waals surface area contributed by atoms with Gasteiger partial charge in [-0.15, -0.1) is 0 Å². The van der Waals surface area contributed by atoms with Crippen LogP contribution >= 0.6 is 0 Å². The molecule has 1 aliphatic heterocycles. The van der Waals surface area contributed by atoms with Gasteiger partial charge in [-0.1, -0.05) is 30.3 Å². The number of nitrogens with zero attached hydrogens (tertiary/aromatic N) is 1. The number of fused-ring (bicyclic) bond motifs is 1. The fourth-order valence-corrected chi connectivity index (χ4v) is 3.64. The van der Waals surface area contributed by atoms with Crippen molar-refractivity contribution in [2.75, 3.05) is 26.1 Å². The highest BCUT2D eigenvalue weighted by molar-refractivity contribution is 6.21. The summed E-state index contributed by atoms with van der Waals surface area (Å²) in [6, 6.07) is 18.1. The van der Waals surface area contributed by atoms with Crippen LogP contribution in [0.5, 0.6) is 11.5 Å². The molecule has 9 nitrogen and oxygen atoms in total. The number of imide groups is 1. The molecule has 0 fully saturated rings. The van der Waals surface area contributed by atoms with Crippen LogP contribution in [0, 0.1) is 0 Å². The summed E-state index contributed by atoms with van der Waals surface area (Å²) in [5.41, 5.74) is 1.54. The molecule has 0 aromatic heterocycles. The maximum atomic E-state index is 12.8. The van der Waals surface area contributed by atoms with Crippen molar-refractivity contribution in [2.45, 2.75) is 6.54 Å². The molecule has 4 rings (SSSR count). The first kappa shape index (κ1) is 23.5. The normalized spacial score (nSPS) is 12.2. The second-order valence-electron chi connectivity index (χ2n) is 7.63. The smallest absolute Gasteiger partial charge is 0.338 e. The van der Waals surface area contributed by atoms with Crippen molar-refractivity contribution in [1.29, 1.82) is 0 Å². The first-order valence-electron chi connectivity index (χ1n) is 10.6. The van der Waals surface area contributed by atoms with E-state index in [4.69, 9.17) is 14.2 Å². The van der Waals surface area contributed by atoms with Gasteiger partial charge in [0, 0.05) is 6.07 Å². The van der Waals surface area contributed by atoms with E-state index in [2.05, 4.69) is 5.32 Å². The Kier molecular flexibility index (Phi) is 6.77. The molecule has 3 aromatic carbocycles. The van der Waals surface area contributed by atoms with Crippen LogP contribution in [-0.4, -0.2) is 49.4 Å². The summed E-state index contributed by atoms with van der Waals surface area (Å²) >= 11 is 0. The van der Waals surface area contributed by atoms with Gasteiger partial charge in [0.1, 0.15) is 11.5 Å². The Hall–Kier alpha value is -4.66. The number of amides is 3. The Morgan fingerprint density at radius 3 is 2.31 bits per heavy atom. The molecule has 1 heterocycles. The van der Waals surface area contributed by atoms with E-state index in [9.17, 15) is 19.2 Å². The molecule has 0 spiro atoms. The molecule has 1 N–H and O–H groups in total. The van der Waals surface area contributed by atoms with Gasteiger partial charge in [-0.25, -0.2) is 4.79 Å². The van der Waals surface area contributed by atoms with Gasteiger partial charge in [-0.2, -0.15) is 0 Å². The molecule has 0 unspecified atom stereocenters. The van der Waals surface area contributed by atoms with Crippen LogP contribution in [-0.2, 0) is 16.1 Å². The molecule has 3 amide bonds. The van der Waals surface area contributed by atoms with Gasteiger partial charge in [-0.3, -0.25) is 19.3 Å². The van der Waals surface area contributed by atoms with Crippen molar-refractivity contribution in [3.8, 4) is 11.5 Å². The van der Waals surface area contributed by atoms with Crippen LogP contribution in [0.15, 0.2) is 66.7 Å². The zero-order valence-corrected chi connectivity index (χ0v) is 19.1. The molecule has 0 bridgehead atoms. The quantitative estimate of drug-likeness (QED) is 0.394. The van der Waals surface area contributed by atoms with Crippen LogP contribution in [0.25, 0.3) is 0 Å². The van der Waals surface area contributed by atoms with Gasteiger partial charge < -0.3 is 19.5 Å². The molecule has 3 aromatic rings. The number of rotatable bonds is 8. The number of carbonyl (C=O) groups is 4. The molecule has 35 heavy (non-hydrogen) atoms. The first-order valence-corrected chi connectivity index (χ1v) is 10.6. The van der Waals surface area contributed by atoms with E-state index in [-0.39, 0.29) is 23.2 Å². The molecule has 0 aliphatic carbocycles. The van der Waals surface area contributed by atoms with Gasteiger partial charge in [0.05, 0.1) is 43.1 Å². The molecular weight excluding hydrogens is 452 g/mol. The summed E-state index contributed by atoms with van der Waals surface area (Å²) in [7, 11) is 2.95. The highest BCUT2D eigenvalue weighted by Gasteiger charge is 2.36. The second-order valence-corrected chi connectivity index (χ2v) is 7.63. The van der Waals surface area contributed by atoms with Crippen LogP contribution < -0.4 is 14.8 Å². The van der Waals surface area contributed by atoms with E-state index in [1.807, 2.05) is 30.3 Å². The molecule has 0 radical (unpaired) electrons. The minimum Gasteiger partial charge on any atom is -0.497 e. The Morgan fingerprint density at radius 1 is 0.857 bits per heavy atom. The lowest BCUT2D eigenvalue weighted by Crippen LogP contribution is -2.29. The summed E-state index contributed by atoms with van der Waals surface area (Å²) in [5, 5.41) is 2.60. The Balaban J connectivity index is 1.41. The number of hydrogen-bond donors (Lipinski definition) is 1. The molecule has 1 aliphatic rings. The monoisotopic (exact) mass is 474 g/mol. The zero-order chi connectivity index (χ0) is 24.9. The molecule has 178 valence electrons. The van der Waals surface area contributed by atoms with Crippen molar-refractivity contribution in [1.82, 2.24) is 4.90 Å². The molecule has 0 saturated carbocycles. The minimum absolute atomic E-state index is 0.0539. The predicted molar refractivity (Wildman–Crippen MR) is 126 cm³/mol. The lowest BCUT2D eigenvalue weighted by atomic mass is 10.1. The maximum absolute atomic E-state index is 12.8. The average Bonchev–Trinajstić information content (AvgIpc) is 3.12. The van der Waals surface area contributed by atoms with E-state index in [1.54, 1.807) is 18.2 Å². The van der Waals surface area contributed by atoms with Crippen molar-refractivity contribution < 1.29 is 33.4 Å². The lowest BCUT2D eigenvalue weighted by molar-refractivity contribution is -0.119. The molecular formula is C26H22N2O7. The number of methoxy groups -OCH3 is 2. The SMILES string of the molecule is COc1ccc(OC)c(NC(=O)COC(=O)c2ccc3c(c2)C(=O)N(Cc2ccccc2)C3=O)c1. The third-order valence-electron chi connectivity index (χ3n) is 5.40. The number of carbonyl (C=O) groups excluding carboxylic acids is 4. The largest absolute Gasteiger partial charge is 0.497 e. The molecule has 0 atom stereocenters. The summed E-state index contributed by atoms with van der Waals surface area (Å²) in [5.74, 6) is -1.40. The highest BCUT2D eigenvalue weighted by Crippen LogP contribution is 2.29. The van der Waals surface area contributed by atoms with Crippen LogP contribution in [0.1, 0.15) is 36.6 Å². The highest BCUT2D eigenvalue weighted by atomic mass is 16.5. The summed E-state index contributed by atoms with van der Waals surface area (Å²) in [6.07, 6.45) is 0. The van der Waals surface area contributed by atoms with Crippen molar-refractivity contribution >= 4 is 29.4 Å². The van der Waals surface area contributed by atoms with Gasteiger partial charge in [0.15, 0.2) is 6.61 Å². The first-order chi connectivity index (χ1) is 16.9. The third-order valence-corrected chi connectivity index (χ3v) is 5.40. The summed E-state index contributed by atoms with van der Waals surface area (Å²) in [4.78, 5) is 51.5. The van der Waals surface area contributed by atoms with Crippen molar-refractivity contribution in [3.05, 3.63) is 89.0 Å². The number of esters is 1. The topological polar surface area (TPSA) is 111 Å². The number of benzene rings is 3. The van der Waals surface area contributed by atoms with Crippen molar-refractivity contribution in [2.24, 2.45) is 0 Å². The van der Waals surface area contributed by atoms with Crippen molar-refractivity contribution in [3.63, 3.8) is 0 Å². The minimum atomic E-state index is -0.803. The van der Waals surface area contributed by atoms with Crippen LogP contribution in [0.4, 0.5) is 5.69 Å².